The van der Waals surface area contributed by atoms with Crippen LogP contribution >= 0.6 is 11.3 Å². The summed E-state index contributed by atoms with van der Waals surface area (Å²) in [5, 5.41) is 4.60. The smallest absolute Gasteiger partial charge is 0.121 e. The highest BCUT2D eigenvalue weighted by atomic mass is 32.1. The lowest BCUT2D eigenvalue weighted by Gasteiger charge is -2.08. The number of hydrogen-bond acceptors (Lipinski definition) is 4. The number of aromatic nitrogens is 1. The Morgan fingerprint density at radius 3 is 2.83 bits per heavy atom. The first-order valence-electron chi connectivity index (χ1n) is 6.05. The molecule has 0 spiro atoms. The van der Waals surface area contributed by atoms with Crippen LogP contribution in [-0.4, -0.2) is 12.1 Å². The van der Waals surface area contributed by atoms with Crippen molar-refractivity contribution in [2.75, 3.05) is 12.4 Å². The van der Waals surface area contributed by atoms with Gasteiger partial charge in [0.2, 0.25) is 0 Å². The molecule has 0 aliphatic carbocycles. The highest BCUT2D eigenvalue weighted by Crippen LogP contribution is 2.22. The SMILES string of the molecule is CCc1ncc(CNc2ccc(OC)c(C)c2)s1. The Bertz CT molecular complexity index is 522. The van der Waals surface area contributed by atoms with Crippen LogP contribution in [0, 0.1) is 6.92 Å². The van der Waals surface area contributed by atoms with Crippen LogP contribution in [0.4, 0.5) is 5.69 Å². The van der Waals surface area contributed by atoms with Crippen molar-refractivity contribution in [2.45, 2.75) is 26.8 Å². The van der Waals surface area contributed by atoms with Crippen LogP contribution in [0.1, 0.15) is 22.4 Å². The lowest BCUT2D eigenvalue weighted by atomic mass is 10.2. The number of thiazole rings is 1. The average Bonchev–Trinajstić information content (AvgIpc) is 2.84. The normalized spacial score (nSPS) is 10.4. The zero-order valence-electron chi connectivity index (χ0n) is 11.0. The van der Waals surface area contributed by atoms with Gasteiger partial charge >= 0.3 is 0 Å². The molecule has 0 saturated heterocycles. The van der Waals surface area contributed by atoms with Gasteiger partial charge in [-0.05, 0) is 37.1 Å². The number of aryl methyl sites for hydroxylation is 2. The molecule has 1 aromatic heterocycles. The van der Waals surface area contributed by atoms with Gasteiger partial charge in [-0.2, -0.15) is 0 Å². The Balaban J connectivity index is 1.99. The molecule has 0 saturated carbocycles. The van der Waals surface area contributed by atoms with Crippen molar-refractivity contribution in [1.82, 2.24) is 4.98 Å². The predicted molar refractivity (Wildman–Crippen MR) is 76.5 cm³/mol. The molecule has 2 rings (SSSR count). The zero-order valence-corrected chi connectivity index (χ0v) is 11.8. The molecule has 2 aromatic rings. The van der Waals surface area contributed by atoms with E-state index in [1.165, 1.54) is 9.88 Å². The van der Waals surface area contributed by atoms with Gasteiger partial charge in [0.15, 0.2) is 0 Å². The molecule has 1 aromatic carbocycles. The second-order valence-corrected chi connectivity index (χ2v) is 5.31. The highest BCUT2D eigenvalue weighted by Gasteiger charge is 2.02. The minimum absolute atomic E-state index is 0.823. The standard InChI is InChI=1S/C14H18N2OS/c1-4-14-16-9-12(18-14)8-15-11-5-6-13(17-3)10(2)7-11/h5-7,9,15H,4,8H2,1-3H3. The monoisotopic (exact) mass is 262 g/mol. The van der Waals surface area contributed by atoms with Crippen LogP contribution < -0.4 is 10.1 Å². The summed E-state index contributed by atoms with van der Waals surface area (Å²) in [6.07, 6.45) is 2.96. The molecule has 0 fully saturated rings. The Hall–Kier alpha value is -1.55. The van der Waals surface area contributed by atoms with Crippen LogP contribution in [0.5, 0.6) is 5.75 Å². The third kappa shape index (κ3) is 3.01. The van der Waals surface area contributed by atoms with Crippen molar-refractivity contribution >= 4 is 17.0 Å². The molecule has 4 heteroatoms. The number of ether oxygens (including phenoxy) is 1. The van der Waals surface area contributed by atoms with E-state index in [0.29, 0.717) is 0 Å². The van der Waals surface area contributed by atoms with Crippen molar-refractivity contribution in [2.24, 2.45) is 0 Å². The van der Waals surface area contributed by atoms with E-state index in [4.69, 9.17) is 4.74 Å². The highest BCUT2D eigenvalue weighted by molar-refractivity contribution is 7.11. The van der Waals surface area contributed by atoms with Gasteiger partial charge in [-0.25, -0.2) is 4.98 Å². The van der Waals surface area contributed by atoms with Crippen LogP contribution in [0.15, 0.2) is 24.4 Å². The number of hydrogen-bond donors (Lipinski definition) is 1. The van der Waals surface area contributed by atoms with E-state index in [0.717, 1.165) is 30.0 Å². The molecule has 0 unspecified atom stereocenters. The van der Waals surface area contributed by atoms with Crippen LogP contribution in [0.3, 0.4) is 0 Å². The van der Waals surface area contributed by atoms with E-state index >= 15 is 0 Å². The number of nitrogens with one attached hydrogen (secondary N) is 1. The molecule has 96 valence electrons. The molecule has 0 amide bonds. The van der Waals surface area contributed by atoms with Crippen LogP contribution in [-0.2, 0) is 13.0 Å². The van der Waals surface area contributed by atoms with E-state index in [1.54, 1.807) is 18.4 Å². The van der Waals surface area contributed by atoms with Gasteiger partial charge in [-0.1, -0.05) is 6.92 Å². The number of rotatable bonds is 5. The van der Waals surface area contributed by atoms with Crippen molar-refractivity contribution in [3.05, 3.63) is 39.8 Å². The summed E-state index contributed by atoms with van der Waals surface area (Å²) in [7, 11) is 1.69. The topological polar surface area (TPSA) is 34.2 Å². The molecule has 0 radical (unpaired) electrons. The first-order chi connectivity index (χ1) is 8.72. The number of anilines is 1. The number of nitrogens with zero attached hydrogens (tertiary/aromatic N) is 1. The van der Waals surface area contributed by atoms with Crippen molar-refractivity contribution in [3.63, 3.8) is 0 Å². The van der Waals surface area contributed by atoms with Crippen molar-refractivity contribution < 1.29 is 4.74 Å². The third-order valence-electron chi connectivity index (χ3n) is 2.77. The lowest BCUT2D eigenvalue weighted by molar-refractivity contribution is 0.412. The van der Waals surface area contributed by atoms with E-state index in [2.05, 4.69) is 23.3 Å². The van der Waals surface area contributed by atoms with Gasteiger partial charge in [-0.3, -0.25) is 0 Å². The van der Waals surface area contributed by atoms with Gasteiger partial charge < -0.3 is 10.1 Å². The van der Waals surface area contributed by atoms with Crippen LogP contribution in [0.2, 0.25) is 0 Å². The van der Waals surface area contributed by atoms with Gasteiger partial charge in [0.1, 0.15) is 5.75 Å². The van der Waals surface area contributed by atoms with Gasteiger partial charge in [0.25, 0.3) is 0 Å². The Morgan fingerprint density at radius 1 is 1.39 bits per heavy atom. The second-order valence-electron chi connectivity index (χ2n) is 4.11. The van der Waals surface area contributed by atoms with Crippen molar-refractivity contribution in [1.29, 1.82) is 0 Å². The minimum atomic E-state index is 0.823. The molecular weight excluding hydrogens is 244 g/mol. The fourth-order valence-electron chi connectivity index (χ4n) is 1.77. The fraction of sp³-hybridized carbons (Fsp3) is 0.357. The van der Waals surface area contributed by atoms with Crippen LogP contribution in [0.25, 0.3) is 0 Å². The predicted octanol–water partition coefficient (Wildman–Crippen LogP) is 3.63. The molecular formula is C14H18N2OS. The maximum Gasteiger partial charge on any atom is 0.121 e. The summed E-state index contributed by atoms with van der Waals surface area (Å²) in [5.41, 5.74) is 2.25. The largest absolute Gasteiger partial charge is 0.496 e. The quantitative estimate of drug-likeness (QED) is 0.893. The Morgan fingerprint density at radius 2 is 2.22 bits per heavy atom. The molecule has 18 heavy (non-hydrogen) atoms. The summed E-state index contributed by atoms with van der Waals surface area (Å²) < 4.78 is 5.24. The summed E-state index contributed by atoms with van der Waals surface area (Å²) in [6.45, 7) is 5.00. The van der Waals surface area contributed by atoms with Gasteiger partial charge in [0.05, 0.1) is 18.7 Å². The van der Waals surface area contributed by atoms with E-state index < -0.39 is 0 Å². The molecule has 0 atom stereocenters. The molecule has 1 heterocycles. The maximum atomic E-state index is 5.24. The first-order valence-corrected chi connectivity index (χ1v) is 6.86. The molecule has 0 aliphatic rings. The van der Waals surface area contributed by atoms with Crippen molar-refractivity contribution in [3.8, 4) is 5.75 Å². The Kier molecular flexibility index (Phi) is 4.20. The Labute approximate surface area is 112 Å². The molecule has 0 aliphatic heterocycles. The summed E-state index contributed by atoms with van der Waals surface area (Å²) in [5.74, 6) is 0.923. The number of methoxy groups -OCH3 is 1. The average molecular weight is 262 g/mol. The summed E-state index contributed by atoms with van der Waals surface area (Å²) >= 11 is 1.77. The lowest BCUT2D eigenvalue weighted by Crippen LogP contribution is -1.98. The summed E-state index contributed by atoms with van der Waals surface area (Å²) in [4.78, 5) is 5.61. The molecule has 3 nitrogen and oxygen atoms in total. The first kappa shape index (κ1) is 12.9. The van der Waals surface area contributed by atoms with Gasteiger partial charge in [-0.15, -0.1) is 11.3 Å². The fourth-order valence-corrected chi connectivity index (χ4v) is 2.57. The minimum Gasteiger partial charge on any atom is -0.496 e. The third-order valence-corrected chi connectivity index (χ3v) is 3.91. The van der Waals surface area contributed by atoms with E-state index in [9.17, 15) is 0 Å². The second kappa shape index (κ2) is 5.87. The van der Waals surface area contributed by atoms with E-state index in [-0.39, 0.29) is 0 Å². The van der Waals surface area contributed by atoms with E-state index in [1.807, 2.05) is 25.3 Å². The summed E-state index contributed by atoms with van der Waals surface area (Å²) in [6, 6.07) is 6.12. The van der Waals surface area contributed by atoms with Gasteiger partial charge in [0, 0.05) is 16.8 Å². The molecule has 0 bridgehead atoms. The number of benzene rings is 1. The maximum absolute atomic E-state index is 5.24. The zero-order chi connectivity index (χ0) is 13.0. The molecule has 1 N–H and O–H groups in total.